The molecule has 39 heavy (non-hydrogen) atoms. The zero-order valence-corrected chi connectivity index (χ0v) is 23.7. The van der Waals surface area contributed by atoms with Crippen molar-refractivity contribution in [2.45, 2.75) is 19.9 Å². The van der Waals surface area contributed by atoms with E-state index in [1.807, 2.05) is 13.8 Å². The molecule has 1 N–H and O–H groups in total. The molecule has 10 nitrogen and oxygen atoms in total. The lowest BCUT2D eigenvalue weighted by Gasteiger charge is -2.23. The van der Waals surface area contributed by atoms with Crippen molar-refractivity contribution < 1.29 is 33.6 Å². The smallest absolute Gasteiger partial charge is 0.341 e. The Hall–Kier alpha value is -3.90. The van der Waals surface area contributed by atoms with Crippen molar-refractivity contribution in [3.63, 3.8) is 0 Å². The zero-order valence-electron chi connectivity index (χ0n) is 21.3. The van der Waals surface area contributed by atoms with Crippen molar-refractivity contribution in [1.82, 2.24) is 4.57 Å². The fraction of sp³-hybridized carbons (Fsp3) is 0.259. The standard InChI is InChI=1S/C27H25BrN2O8S/c1-4-36-20-9-7-16(12-21(20)37-5-2)24-17(26(34)35-3)13-29-27-30(24)25(33)22(39-27)11-15-6-8-19(18(28)10-15)38-14-23(31)32/h6-13,24H,4-5,14H2,1-3H3,(H,31,32)/b22-11-/t24-/m1/s1. The Morgan fingerprint density at radius 2 is 1.79 bits per heavy atom. The number of fused-ring (bicyclic) bond motifs is 1. The minimum absolute atomic E-state index is 0.200. The highest BCUT2D eigenvalue weighted by atomic mass is 79.9. The van der Waals surface area contributed by atoms with Gasteiger partial charge in [0.05, 0.1) is 40.9 Å². The number of carbonyl (C=O) groups is 2. The first-order chi connectivity index (χ1) is 18.8. The highest BCUT2D eigenvalue weighted by Crippen LogP contribution is 2.35. The van der Waals surface area contributed by atoms with Gasteiger partial charge in [-0.25, -0.2) is 14.6 Å². The number of methoxy groups -OCH3 is 1. The van der Waals surface area contributed by atoms with E-state index in [0.29, 0.717) is 55.4 Å². The number of rotatable bonds is 10. The van der Waals surface area contributed by atoms with Crippen molar-refractivity contribution in [2.75, 3.05) is 26.9 Å². The quantitative estimate of drug-likeness (QED) is 0.345. The summed E-state index contributed by atoms with van der Waals surface area (Å²) in [6.45, 7) is 4.10. The van der Waals surface area contributed by atoms with Gasteiger partial charge in [0.15, 0.2) is 22.9 Å². The van der Waals surface area contributed by atoms with Crippen LogP contribution in [-0.2, 0) is 14.3 Å². The second-order valence-corrected chi connectivity index (χ2v) is 9.98. The predicted octanol–water partition coefficient (Wildman–Crippen LogP) is 3.04. The van der Waals surface area contributed by atoms with Gasteiger partial charge in [-0.1, -0.05) is 23.5 Å². The third kappa shape index (κ3) is 6.07. The van der Waals surface area contributed by atoms with Crippen LogP contribution in [0.3, 0.4) is 0 Å². The van der Waals surface area contributed by atoms with Gasteiger partial charge in [-0.3, -0.25) is 9.36 Å². The second-order valence-electron chi connectivity index (χ2n) is 8.12. The molecule has 2 aromatic carbocycles. The number of halogens is 1. The van der Waals surface area contributed by atoms with Crippen LogP contribution in [0.2, 0.25) is 0 Å². The normalized spacial score (nSPS) is 14.6. The maximum absolute atomic E-state index is 13.7. The summed E-state index contributed by atoms with van der Waals surface area (Å²) in [5.74, 6) is -0.283. The number of thiazole rings is 1. The summed E-state index contributed by atoms with van der Waals surface area (Å²) in [5, 5.41) is 8.84. The average molecular weight is 617 g/mol. The summed E-state index contributed by atoms with van der Waals surface area (Å²) in [6.07, 6.45) is 3.12. The van der Waals surface area contributed by atoms with Gasteiger partial charge in [0.2, 0.25) is 0 Å². The third-order valence-electron chi connectivity index (χ3n) is 5.61. The fourth-order valence-corrected chi connectivity index (χ4v) is 5.48. The zero-order chi connectivity index (χ0) is 28.1. The van der Waals surface area contributed by atoms with Crippen molar-refractivity contribution in [1.29, 1.82) is 0 Å². The molecule has 0 aliphatic carbocycles. The Balaban J connectivity index is 1.82. The van der Waals surface area contributed by atoms with E-state index in [0.717, 1.165) is 0 Å². The van der Waals surface area contributed by atoms with Gasteiger partial charge in [-0.15, -0.1) is 0 Å². The number of aliphatic carboxylic acids is 1. The predicted molar refractivity (Wildman–Crippen MR) is 147 cm³/mol. The van der Waals surface area contributed by atoms with Crippen molar-refractivity contribution >= 4 is 45.3 Å². The van der Waals surface area contributed by atoms with E-state index in [-0.39, 0.29) is 11.1 Å². The van der Waals surface area contributed by atoms with Gasteiger partial charge < -0.3 is 24.1 Å². The van der Waals surface area contributed by atoms with Crippen molar-refractivity contribution in [2.24, 2.45) is 4.99 Å². The summed E-state index contributed by atoms with van der Waals surface area (Å²) >= 11 is 4.55. The van der Waals surface area contributed by atoms with Gasteiger partial charge in [0, 0.05) is 6.20 Å². The van der Waals surface area contributed by atoms with E-state index in [2.05, 4.69) is 20.9 Å². The van der Waals surface area contributed by atoms with Crippen LogP contribution in [0.25, 0.3) is 6.08 Å². The monoisotopic (exact) mass is 616 g/mol. The minimum atomic E-state index is -1.09. The van der Waals surface area contributed by atoms with Crippen LogP contribution in [0.4, 0.5) is 0 Å². The van der Waals surface area contributed by atoms with E-state index in [4.69, 9.17) is 24.1 Å². The van der Waals surface area contributed by atoms with Crippen LogP contribution in [0, 0.1) is 0 Å². The molecule has 0 fully saturated rings. The van der Waals surface area contributed by atoms with Gasteiger partial charge in [-0.05, 0) is 71.2 Å². The Bertz CT molecular complexity index is 1630. The molecule has 12 heteroatoms. The van der Waals surface area contributed by atoms with Gasteiger partial charge in [0.1, 0.15) is 5.75 Å². The highest BCUT2D eigenvalue weighted by molar-refractivity contribution is 9.10. The number of benzene rings is 2. The molecule has 1 aliphatic heterocycles. The van der Waals surface area contributed by atoms with Crippen LogP contribution in [0.1, 0.15) is 31.0 Å². The van der Waals surface area contributed by atoms with Gasteiger partial charge in [-0.2, -0.15) is 0 Å². The molecule has 204 valence electrons. The summed E-state index contributed by atoms with van der Waals surface area (Å²) in [7, 11) is 1.27. The average Bonchev–Trinajstić information content (AvgIpc) is 3.23. The lowest BCUT2D eigenvalue weighted by molar-refractivity contribution is -0.139. The van der Waals surface area contributed by atoms with Crippen LogP contribution >= 0.6 is 27.3 Å². The molecule has 0 amide bonds. The fourth-order valence-electron chi connectivity index (χ4n) is 4.00. The highest BCUT2D eigenvalue weighted by Gasteiger charge is 2.31. The summed E-state index contributed by atoms with van der Waals surface area (Å²) < 4.78 is 24.1. The molecule has 3 aromatic rings. The number of aromatic nitrogens is 1. The lowest BCUT2D eigenvalue weighted by Crippen LogP contribution is -2.39. The van der Waals surface area contributed by atoms with E-state index in [1.54, 1.807) is 42.5 Å². The number of carboxylic acid groups (broad SMARTS) is 1. The second kappa shape index (κ2) is 12.3. The van der Waals surface area contributed by atoms with E-state index >= 15 is 0 Å². The van der Waals surface area contributed by atoms with Crippen molar-refractivity contribution in [3.05, 3.63) is 83.5 Å². The molecule has 0 radical (unpaired) electrons. The summed E-state index contributed by atoms with van der Waals surface area (Å²) in [4.78, 5) is 42.0. The molecule has 0 saturated carbocycles. The minimum Gasteiger partial charge on any atom is -0.490 e. The number of nitrogens with zero attached hydrogens (tertiary/aromatic N) is 2. The summed E-state index contributed by atoms with van der Waals surface area (Å²) in [5.41, 5.74) is 1.17. The topological polar surface area (TPSA) is 126 Å². The van der Waals surface area contributed by atoms with E-state index in [9.17, 15) is 14.4 Å². The molecule has 1 aromatic heterocycles. The molecule has 1 atom stereocenters. The third-order valence-corrected chi connectivity index (χ3v) is 7.23. The lowest BCUT2D eigenvalue weighted by atomic mass is 9.97. The number of ether oxygens (including phenoxy) is 4. The largest absolute Gasteiger partial charge is 0.490 e. The first kappa shape index (κ1) is 28.1. The Kier molecular flexibility index (Phi) is 8.87. The maximum atomic E-state index is 13.7. The molecular formula is C27H25BrN2O8S. The Morgan fingerprint density at radius 1 is 1.08 bits per heavy atom. The number of esters is 1. The van der Waals surface area contributed by atoms with Crippen LogP contribution in [-0.4, -0.2) is 48.5 Å². The molecule has 0 spiro atoms. The van der Waals surface area contributed by atoms with Crippen LogP contribution in [0.5, 0.6) is 17.2 Å². The van der Waals surface area contributed by atoms with Crippen LogP contribution < -0.4 is 29.1 Å². The first-order valence-corrected chi connectivity index (χ1v) is 13.5. The molecule has 2 heterocycles. The van der Waals surface area contributed by atoms with Gasteiger partial charge >= 0.3 is 11.9 Å². The number of carbonyl (C=O) groups excluding carboxylic acids is 1. The first-order valence-electron chi connectivity index (χ1n) is 11.9. The molecular weight excluding hydrogens is 592 g/mol. The van der Waals surface area contributed by atoms with Crippen molar-refractivity contribution in [3.8, 4) is 17.2 Å². The molecule has 0 saturated heterocycles. The van der Waals surface area contributed by atoms with E-state index in [1.165, 1.54) is 29.2 Å². The Morgan fingerprint density at radius 3 is 2.46 bits per heavy atom. The number of carboxylic acids is 1. The number of hydrogen-bond donors (Lipinski definition) is 1. The Labute approximate surface area is 235 Å². The SMILES string of the molecule is CCOc1ccc([C@@H]2C(C(=O)OC)=CN=c3s/c(=C\c4ccc(OCC(=O)O)c(Br)c4)c(=O)n32)cc1OCC. The molecule has 0 unspecified atom stereocenters. The van der Waals surface area contributed by atoms with Crippen LogP contribution in [0.15, 0.2) is 62.4 Å². The molecule has 4 rings (SSSR count). The molecule has 1 aliphatic rings. The maximum Gasteiger partial charge on any atom is 0.341 e. The number of hydrogen-bond acceptors (Lipinski definition) is 9. The van der Waals surface area contributed by atoms with E-state index < -0.39 is 24.6 Å². The summed E-state index contributed by atoms with van der Waals surface area (Å²) in [6, 6.07) is 9.52. The molecule has 0 bridgehead atoms. The van der Waals surface area contributed by atoms with Gasteiger partial charge in [0.25, 0.3) is 5.56 Å².